The van der Waals surface area contributed by atoms with Crippen LogP contribution in [-0.4, -0.2) is 14.8 Å². The monoisotopic (exact) mass is 276 g/mol. The number of hydrogen-bond donors (Lipinski definition) is 0. The molecule has 0 spiro atoms. The van der Waals surface area contributed by atoms with Gasteiger partial charge in [0.15, 0.2) is 24.0 Å². The predicted molar refractivity (Wildman–Crippen MR) is 69.6 cm³/mol. The summed E-state index contributed by atoms with van der Waals surface area (Å²) >= 11 is 0. The van der Waals surface area contributed by atoms with Crippen LogP contribution in [0.1, 0.15) is 56.2 Å². The SMILES string of the molecule is [2H][C@@](F)(c1nc2n(n1)C(c1ccccc1)CC2F)C1CC1. The zero-order chi connectivity index (χ0) is 14.6. The highest BCUT2D eigenvalue weighted by atomic mass is 19.1. The molecule has 2 aromatic rings. The zero-order valence-corrected chi connectivity index (χ0v) is 10.8. The Morgan fingerprint density at radius 1 is 1.30 bits per heavy atom. The van der Waals surface area contributed by atoms with Crippen LogP contribution in [0.5, 0.6) is 0 Å². The Morgan fingerprint density at radius 3 is 2.75 bits per heavy atom. The average molecular weight is 276 g/mol. The molecular formula is C15H15F2N3. The molecular weight excluding hydrogens is 260 g/mol. The first kappa shape index (κ1) is 10.9. The van der Waals surface area contributed by atoms with Crippen LogP contribution in [0.3, 0.4) is 0 Å². The van der Waals surface area contributed by atoms with Gasteiger partial charge in [0.2, 0.25) is 0 Å². The molecule has 104 valence electrons. The van der Waals surface area contributed by atoms with Gasteiger partial charge in [0.1, 0.15) is 0 Å². The molecule has 0 N–H and O–H groups in total. The van der Waals surface area contributed by atoms with E-state index in [0.717, 1.165) is 5.56 Å². The van der Waals surface area contributed by atoms with E-state index in [1.165, 1.54) is 4.68 Å². The van der Waals surface area contributed by atoms with E-state index in [0.29, 0.717) is 12.8 Å². The van der Waals surface area contributed by atoms with Gasteiger partial charge in [0, 0.05) is 6.42 Å². The number of rotatable bonds is 3. The maximum atomic E-state index is 14.4. The standard InChI is InChI=1S/C15H15F2N3/c16-11-8-12(9-4-2-1-3-5-9)20-15(11)18-14(19-20)13(17)10-6-7-10/h1-5,10-13H,6-8H2/t11?,12?,13-/m0/s1/i13D. The van der Waals surface area contributed by atoms with Crippen molar-refractivity contribution in [2.75, 3.05) is 0 Å². The third kappa shape index (κ3) is 1.84. The van der Waals surface area contributed by atoms with Gasteiger partial charge >= 0.3 is 0 Å². The van der Waals surface area contributed by atoms with Crippen LogP contribution in [-0.2, 0) is 0 Å². The van der Waals surface area contributed by atoms with Crippen molar-refractivity contribution in [3.8, 4) is 0 Å². The smallest absolute Gasteiger partial charge is 0.185 e. The zero-order valence-electron chi connectivity index (χ0n) is 11.8. The second kappa shape index (κ2) is 4.36. The molecule has 20 heavy (non-hydrogen) atoms. The van der Waals surface area contributed by atoms with Crippen molar-refractivity contribution in [3.63, 3.8) is 0 Å². The highest BCUT2D eigenvalue weighted by Crippen LogP contribution is 2.45. The average Bonchev–Trinajstić information content (AvgIpc) is 3.17. The Hall–Kier alpha value is -1.78. The van der Waals surface area contributed by atoms with Crippen molar-refractivity contribution in [1.29, 1.82) is 0 Å². The minimum atomic E-state index is -2.29. The fourth-order valence-electron chi connectivity index (χ4n) is 2.75. The third-order valence-corrected chi connectivity index (χ3v) is 4.00. The summed E-state index contributed by atoms with van der Waals surface area (Å²) < 4.78 is 37.8. The van der Waals surface area contributed by atoms with E-state index in [1.807, 2.05) is 30.3 Å². The minimum Gasteiger partial charge on any atom is -0.239 e. The normalized spacial score (nSPS) is 28.8. The molecule has 2 aliphatic rings. The van der Waals surface area contributed by atoms with Crippen molar-refractivity contribution in [2.24, 2.45) is 5.92 Å². The van der Waals surface area contributed by atoms with Crippen LogP contribution < -0.4 is 0 Å². The second-order valence-electron chi connectivity index (χ2n) is 5.49. The third-order valence-electron chi connectivity index (χ3n) is 4.00. The summed E-state index contributed by atoms with van der Waals surface area (Å²) in [7, 11) is 0. The fraction of sp³-hybridized carbons (Fsp3) is 0.467. The van der Waals surface area contributed by atoms with E-state index in [9.17, 15) is 8.78 Å². The molecule has 0 bridgehead atoms. The lowest BCUT2D eigenvalue weighted by atomic mass is 10.0. The maximum absolute atomic E-state index is 14.4. The Kier molecular flexibility index (Phi) is 2.39. The highest BCUT2D eigenvalue weighted by Gasteiger charge is 2.40. The number of aromatic nitrogens is 3. The topological polar surface area (TPSA) is 30.7 Å². The van der Waals surface area contributed by atoms with Crippen LogP contribution in [0, 0.1) is 5.92 Å². The first-order valence-corrected chi connectivity index (χ1v) is 6.92. The second-order valence-corrected chi connectivity index (χ2v) is 5.49. The van der Waals surface area contributed by atoms with E-state index in [4.69, 9.17) is 1.37 Å². The minimum absolute atomic E-state index is 0.147. The molecule has 1 aliphatic carbocycles. The predicted octanol–water partition coefficient (Wildman–Crippen LogP) is 3.70. The van der Waals surface area contributed by atoms with E-state index in [1.54, 1.807) is 0 Å². The molecule has 2 unspecified atom stereocenters. The summed E-state index contributed by atoms with van der Waals surface area (Å²) in [5.74, 6) is -0.397. The van der Waals surface area contributed by atoms with Crippen molar-refractivity contribution in [3.05, 3.63) is 47.5 Å². The molecule has 1 aliphatic heterocycles. The Morgan fingerprint density at radius 2 is 2.05 bits per heavy atom. The molecule has 4 rings (SSSR count). The van der Waals surface area contributed by atoms with Crippen LogP contribution in [0.4, 0.5) is 8.78 Å². The van der Waals surface area contributed by atoms with E-state index >= 15 is 0 Å². The largest absolute Gasteiger partial charge is 0.239 e. The van der Waals surface area contributed by atoms with Gasteiger partial charge in [0.05, 0.1) is 7.41 Å². The van der Waals surface area contributed by atoms with Crippen LogP contribution in [0.15, 0.2) is 30.3 Å². The molecule has 0 amide bonds. The molecule has 1 aromatic heterocycles. The van der Waals surface area contributed by atoms with Gasteiger partial charge in [-0.25, -0.2) is 18.4 Å². The first-order chi connectivity index (χ1) is 10.1. The number of fused-ring (bicyclic) bond motifs is 1. The van der Waals surface area contributed by atoms with Gasteiger partial charge in [-0.3, -0.25) is 0 Å². The molecule has 1 saturated carbocycles. The number of halogens is 2. The number of benzene rings is 1. The quantitative estimate of drug-likeness (QED) is 0.855. The summed E-state index contributed by atoms with van der Waals surface area (Å²) in [6.07, 6.45) is -1.94. The van der Waals surface area contributed by atoms with Gasteiger partial charge in [-0.1, -0.05) is 30.3 Å². The number of alkyl halides is 2. The molecule has 1 aromatic carbocycles. The highest BCUT2D eigenvalue weighted by molar-refractivity contribution is 5.23. The summed E-state index contributed by atoms with van der Waals surface area (Å²) in [5, 5.41) is 4.13. The van der Waals surface area contributed by atoms with Crippen molar-refractivity contribution in [2.45, 2.75) is 37.6 Å². The van der Waals surface area contributed by atoms with Crippen molar-refractivity contribution >= 4 is 0 Å². The van der Waals surface area contributed by atoms with Crippen LogP contribution in [0.25, 0.3) is 0 Å². The molecule has 0 radical (unpaired) electrons. The molecule has 3 atom stereocenters. The molecule has 5 heteroatoms. The van der Waals surface area contributed by atoms with Crippen LogP contribution in [0.2, 0.25) is 0 Å². The molecule has 0 saturated heterocycles. The summed E-state index contributed by atoms with van der Waals surface area (Å²) in [5.41, 5.74) is 0.927. The Balaban J connectivity index is 1.74. The Bertz CT molecular complexity index is 667. The van der Waals surface area contributed by atoms with Crippen molar-refractivity contribution in [1.82, 2.24) is 14.8 Å². The lowest BCUT2D eigenvalue weighted by Crippen LogP contribution is -2.08. The maximum Gasteiger partial charge on any atom is 0.185 e. The van der Waals surface area contributed by atoms with E-state index < -0.39 is 12.3 Å². The van der Waals surface area contributed by atoms with E-state index in [-0.39, 0.29) is 30.0 Å². The van der Waals surface area contributed by atoms with Gasteiger partial charge in [-0.05, 0) is 24.3 Å². The molecule has 1 fully saturated rings. The lowest BCUT2D eigenvalue weighted by Gasteiger charge is -2.11. The summed E-state index contributed by atoms with van der Waals surface area (Å²) in [4.78, 5) is 3.99. The van der Waals surface area contributed by atoms with Crippen LogP contribution >= 0.6 is 0 Å². The first-order valence-electron chi connectivity index (χ1n) is 7.42. The molecule has 3 nitrogen and oxygen atoms in total. The van der Waals surface area contributed by atoms with Gasteiger partial charge < -0.3 is 0 Å². The Labute approximate surface area is 117 Å². The molecule has 2 heterocycles. The lowest BCUT2D eigenvalue weighted by molar-refractivity contribution is 0.283. The fourth-order valence-corrected chi connectivity index (χ4v) is 2.75. The summed E-state index contributed by atoms with van der Waals surface area (Å²) in [6.45, 7) is 0. The number of nitrogens with zero attached hydrogens (tertiary/aromatic N) is 3. The number of hydrogen-bond acceptors (Lipinski definition) is 2. The van der Waals surface area contributed by atoms with Gasteiger partial charge in [0.25, 0.3) is 0 Å². The van der Waals surface area contributed by atoms with Gasteiger partial charge in [-0.15, -0.1) is 0 Å². The summed E-state index contributed by atoms with van der Waals surface area (Å²) in [6, 6.07) is 9.19. The van der Waals surface area contributed by atoms with Gasteiger partial charge in [-0.2, -0.15) is 5.10 Å². The van der Waals surface area contributed by atoms with Crippen molar-refractivity contribution < 1.29 is 10.2 Å². The van der Waals surface area contributed by atoms with E-state index in [2.05, 4.69) is 10.1 Å².